The molecule has 0 aromatic carbocycles. The van der Waals surface area contributed by atoms with Crippen LogP contribution < -0.4 is 0 Å². The summed E-state index contributed by atoms with van der Waals surface area (Å²) in [5.41, 5.74) is 1.08. The molecule has 0 aromatic rings. The van der Waals surface area contributed by atoms with Gasteiger partial charge in [0.2, 0.25) is 0 Å². The van der Waals surface area contributed by atoms with Crippen LogP contribution in [0.3, 0.4) is 0 Å². The van der Waals surface area contributed by atoms with Gasteiger partial charge in [-0.1, -0.05) is 24.6 Å². The van der Waals surface area contributed by atoms with Crippen molar-refractivity contribution in [3.05, 3.63) is 23.8 Å². The van der Waals surface area contributed by atoms with Crippen LogP contribution in [0.1, 0.15) is 26.7 Å². The maximum Gasteiger partial charge on any atom is 0.155 e. The quantitative estimate of drug-likeness (QED) is 0.502. The van der Waals surface area contributed by atoms with E-state index in [1.807, 2.05) is 19.9 Å². The number of aliphatic hydroxyl groups excluding tert-OH is 1. The summed E-state index contributed by atoms with van der Waals surface area (Å²) in [6.45, 7) is 3.92. The average molecular weight is 168 g/mol. The smallest absolute Gasteiger partial charge is 0.155 e. The molecule has 0 unspecified atom stereocenters. The van der Waals surface area contributed by atoms with Crippen molar-refractivity contribution < 1.29 is 9.90 Å². The molecule has 1 N–H and O–H groups in total. The third-order valence-corrected chi connectivity index (χ3v) is 1.52. The molecule has 0 bridgehead atoms. The summed E-state index contributed by atoms with van der Waals surface area (Å²) in [5, 5.41) is 8.56. The Hall–Kier alpha value is -0.890. The third-order valence-electron chi connectivity index (χ3n) is 1.52. The van der Waals surface area contributed by atoms with Crippen LogP contribution in [0.4, 0.5) is 0 Å². The van der Waals surface area contributed by atoms with Gasteiger partial charge in [-0.3, -0.25) is 4.79 Å². The summed E-state index contributed by atoms with van der Waals surface area (Å²) >= 11 is 0. The fourth-order valence-electron chi connectivity index (χ4n) is 0.697. The molecule has 0 radical (unpaired) electrons. The number of ketones is 1. The molecule has 0 fully saturated rings. The van der Waals surface area contributed by atoms with Crippen LogP contribution in [0.25, 0.3) is 0 Å². The van der Waals surface area contributed by atoms with Crippen molar-refractivity contribution in [3.8, 4) is 0 Å². The summed E-state index contributed by atoms with van der Waals surface area (Å²) in [6.07, 6.45) is 6.36. The summed E-state index contributed by atoms with van der Waals surface area (Å²) in [5.74, 6) is 0.128. The van der Waals surface area contributed by atoms with Crippen molar-refractivity contribution in [1.29, 1.82) is 0 Å². The Morgan fingerprint density at radius 2 is 2.17 bits per heavy atom. The molecule has 2 heteroatoms. The van der Waals surface area contributed by atoms with Crippen LogP contribution in [0.2, 0.25) is 0 Å². The normalized spacial score (nSPS) is 12.4. The van der Waals surface area contributed by atoms with Crippen LogP contribution in [0.15, 0.2) is 23.8 Å². The number of carbonyl (C=O) groups excluding carboxylic acids is 1. The minimum atomic E-state index is 0.128. The molecule has 0 saturated heterocycles. The number of carbonyl (C=O) groups is 1. The molecule has 2 nitrogen and oxygen atoms in total. The van der Waals surface area contributed by atoms with E-state index in [1.54, 1.807) is 12.2 Å². The zero-order valence-electron chi connectivity index (χ0n) is 7.71. The topological polar surface area (TPSA) is 37.3 Å². The standard InChI is InChI=1S/C10H16O2/c1-3-10(12)6-4-5-9(2)7-8-11/h4-6,11H,3,7-8H2,1-2H3/b6-4+,9-5-. The monoisotopic (exact) mass is 168 g/mol. The highest BCUT2D eigenvalue weighted by atomic mass is 16.2. The third kappa shape index (κ3) is 5.86. The molecule has 0 aliphatic rings. The largest absolute Gasteiger partial charge is 0.396 e. The van der Waals surface area contributed by atoms with Crippen LogP contribution in [0.5, 0.6) is 0 Å². The van der Waals surface area contributed by atoms with Gasteiger partial charge in [0.25, 0.3) is 0 Å². The second kappa shape index (κ2) is 6.80. The lowest BCUT2D eigenvalue weighted by atomic mass is 10.2. The fraction of sp³-hybridized carbons (Fsp3) is 0.500. The maximum atomic E-state index is 10.8. The Bertz CT molecular complexity index is 190. The van der Waals surface area contributed by atoms with Gasteiger partial charge in [0.15, 0.2) is 5.78 Å². The van der Waals surface area contributed by atoms with Crippen molar-refractivity contribution in [2.24, 2.45) is 0 Å². The number of aliphatic hydroxyl groups is 1. The lowest BCUT2D eigenvalue weighted by Crippen LogP contribution is -1.86. The van der Waals surface area contributed by atoms with E-state index < -0.39 is 0 Å². The minimum Gasteiger partial charge on any atom is -0.396 e. The van der Waals surface area contributed by atoms with Gasteiger partial charge in [-0.2, -0.15) is 0 Å². The highest BCUT2D eigenvalue weighted by Crippen LogP contribution is 1.98. The first-order valence-electron chi connectivity index (χ1n) is 4.18. The Morgan fingerprint density at radius 3 is 2.67 bits per heavy atom. The van der Waals surface area contributed by atoms with E-state index in [0.29, 0.717) is 12.8 Å². The van der Waals surface area contributed by atoms with Gasteiger partial charge in [0.1, 0.15) is 0 Å². The number of hydrogen-bond acceptors (Lipinski definition) is 2. The molecule has 0 heterocycles. The highest BCUT2D eigenvalue weighted by Gasteiger charge is 1.88. The zero-order valence-corrected chi connectivity index (χ0v) is 7.71. The Morgan fingerprint density at radius 1 is 1.50 bits per heavy atom. The molecule has 0 aromatic heterocycles. The molecule has 0 atom stereocenters. The summed E-state index contributed by atoms with van der Waals surface area (Å²) in [6, 6.07) is 0. The molecular formula is C10H16O2. The van der Waals surface area contributed by atoms with Gasteiger partial charge in [0.05, 0.1) is 0 Å². The highest BCUT2D eigenvalue weighted by molar-refractivity contribution is 5.89. The van der Waals surface area contributed by atoms with Gasteiger partial charge < -0.3 is 5.11 Å². The van der Waals surface area contributed by atoms with Crippen molar-refractivity contribution in [3.63, 3.8) is 0 Å². The molecule has 0 saturated carbocycles. The minimum absolute atomic E-state index is 0.128. The van der Waals surface area contributed by atoms with E-state index in [2.05, 4.69) is 0 Å². The number of allylic oxidation sites excluding steroid dienone is 3. The first-order valence-corrected chi connectivity index (χ1v) is 4.18. The summed E-state index contributed by atoms with van der Waals surface area (Å²) < 4.78 is 0. The van der Waals surface area contributed by atoms with Crippen LogP contribution in [-0.4, -0.2) is 17.5 Å². The Kier molecular flexibility index (Phi) is 6.29. The van der Waals surface area contributed by atoms with Gasteiger partial charge in [-0.15, -0.1) is 0 Å². The van der Waals surface area contributed by atoms with E-state index in [-0.39, 0.29) is 12.4 Å². The van der Waals surface area contributed by atoms with Crippen molar-refractivity contribution in [2.45, 2.75) is 26.7 Å². The molecule has 0 amide bonds. The van der Waals surface area contributed by atoms with Crippen molar-refractivity contribution >= 4 is 5.78 Å². The van der Waals surface area contributed by atoms with E-state index in [0.717, 1.165) is 5.57 Å². The number of hydrogen-bond donors (Lipinski definition) is 1. The fourth-order valence-corrected chi connectivity index (χ4v) is 0.697. The maximum absolute atomic E-state index is 10.8. The second-order valence-corrected chi connectivity index (χ2v) is 2.67. The van der Waals surface area contributed by atoms with Gasteiger partial charge >= 0.3 is 0 Å². The number of rotatable bonds is 5. The summed E-state index contributed by atoms with van der Waals surface area (Å²) in [4.78, 5) is 10.8. The molecule has 68 valence electrons. The first-order chi connectivity index (χ1) is 5.70. The van der Waals surface area contributed by atoms with E-state index in [4.69, 9.17) is 5.11 Å². The molecule has 0 spiro atoms. The van der Waals surface area contributed by atoms with Crippen molar-refractivity contribution in [1.82, 2.24) is 0 Å². The van der Waals surface area contributed by atoms with Gasteiger partial charge in [0, 0.05) is 13.0 Å². The average Bonchev–Trinajstić information content (AvgIpc) is 2.04. The molecule has 0 rings (SSSR count). The van der Waals surface area contributed by atoms with Crippen LogP contribution in [-0.2, 0) is 4.79 Å². The van der Waals surface area contributed by atoms with E-state index in [1.165, 1.54) is 0 Å². The van der Waals surface area contributed by atoms with Crippen LogP contribution >= 0.6 is 0 Å². The van der Waals surface area contributed by atoms with Crippen molar-refractivity contribution in [2.75, 3.05) is 6.61 Å². The van der Waals surface area contributed by atoms with Gasteiger partial charge in [-0.25, -0.2) is 0 Å². The van der Waals surface area contributed by atoms with Gasteiger partial charge in [-0.05, 0) is 19.4 Å². The molecular weight excluding hydrogens is 152 g/mol. The van der Waals surface area contributed by atoms with E-state index >= 15 is 0 Å². The summed E-state index contributed by atoms with van der Waals surface area (Å²) in [7, 11) is 0. The predicted octanol–water partition coefficient (Wildman–Crippen LogP) is 1.85. The second-order valence-electron chi connectivity index (χ2n) is 2.67. The zero-order chi connectivity index (χ0) is 9.40. The molecule has 12 heavy (non-hydrogen) atoms. The van der Waals surface area contributed by atoms with Crippen LogP contribution in [0, 0.1) is 0 Å². The predicted molar refractivity (Wildman–Crippen MR) is 49.9 cm³/mol. The molecule has 0 aliphatic carbocycles. The Labute approximate surface area is 73.6 Å². The van der Waals surface area contributed by atoms with E-state index in [9.17, 15) is 4.79 Å². The Balaban J connectivity index is 3.85. The lowest BCUT2D eigenvalue weighted by Gasteiger charge is -1.92. The lowest BCUT2D eigenvalue weighted by molar-refractivity contribution is -0.114. The molecule has 0 aliphatic heterocycles. The first kappa shape index (κ1) is 11.1. The SMILES string of the molecule is CCC(=O)/C=C/C=C(/C)CCO.